The van der Waals surface area contributed by atoms with Crippen molar-refractivity contribution < 1.29 is 42.9 Å². The summed E-state index contributed by atoms with van der Waals surface area (Å²) in [5, 5.41) is 3.34. The lowest BCUT2D eigenvalue weighted by Crippen LogP contribution is -2.56. The number of aromatic nitrogens is 1. The Labute approximate surface area is 285 Å². The molecule has 0 radical (unpaired) electrons. The molecule has 1 unspecified atom stereocenters. The van der Waals surface area contributed by atoms with E-state index in [1.807, 2.05) is 43.3 Å². The number of hydrogen-bond donors (Lipinski definition) is 1. The first-order chi connectivity index (χ1) is 23.3. The molecule has 1 aliphatic rings. The number of benzene rings is 2. The molecule has 0 spiro atoms. The van der Waals surface area contributed by atoms with Gasteiger partial charge in [-0.1, -0.05) is 36.4 Å². The molecule has 1 aliphatic heterocycles. The molecule has 262 valence electrons. The van der Waals surface area contributed by atoms with Gasteiger partial charge in [0.25, 0.3) is 5.91 Å². The molecule has 13 heteroatoms. The van der Waals surface area contributed by atoms with Gasteiger partial charge in [0.05, 0.1) is 12.1 Å². The fraction of sp³-hybridized carbons (Fsp3) is 0.444. The molecule has 0 aliphatic carbocycles. The normalized spacial score (nSPS) is 13.7. The van der Waals surface area contributed by atoms with Crippen molar-refractivity contribution in [2.45, 2.75) is 65.7 Å². The zero-order valence-corrected chi connectivity index (χ0v) is 28.7. The van der Waals surface area contributed by atoms with Crippen LogP contribution in [0, 0.1) is 6.92 Å². The number of carbonyl (C=O) groups excluding carboxylic acids is 5. The smallest absolute Gasteiger partial charge is 0.409 e. The minimum absolute atomic E-state index is 0.0269. The first-order valence-corrected chi connectivity index (χ1v) is 16.3. The molecule has 4 rings (SSSR count). The number of nitrogens with one attached hydrogen (secondary N) is 1. The summed E-state index contributed by atoms with van der Waals surface area (Å²) < 4.78 is 21.7. The zero-order valence-electron chi connectivity index (χ0n) is 28.7. The number of aryl methyl sites for hydroxylation is 1. The van der Waals surface area contributed by atoms with E-state index in [1.165, 1.54) is 11.0 Å². The second-order valence-corrected chi connectivity index (χ2v) is 12.6. The van der Waals surface area contributed by atoms with Gasteiger partial charge in [-0.25, -0.2) is 14.6 Å². The zero-order chi connectivity index (χ0) is 35.6. The molecule has 49 heavy (non-hydrogen) atoms. The van der Waals surface area contributed by atoms with E-state index in [1.54, 1.807) is 44.7 Å². The number of esters is 2. The van der Waals surface area contributed by atoms with Crippen molar-refractivity contribution >= 4 is 40.7 Å². The highest BCUT2D eigenvalue weighted by molar-refractivity contribution is 5.99. The quantitative estimate of drug-likeness (QED) is 0.218. The minimum atomic E-state index is -1.10. The third kappa shape index (κ3) is 10.9. The first kappa shape index (κ1) is 36.6. The fourth-order valence-corrected chi connectivity index (χ4v) is 5.15. The van der Waals surface area contributed by atoms with Crippen LogP contribution in [0.3, 0.4) is 0 Å². The highest BCUT2D eigenvalue weighted by atomic mass is 16.6. The summed E-state index contributed by atoms with van der Waals surface area (Å²) in [5.74, 6) is -1.95. The van der Waals surface area contributed by atoms with Gasteiger partial charge in [-0.2, -0.15) is 0 Å². The molecule has 1 saturated heterocycles. The number of amides is 3. The number of piperazine rings is 1. The van der Waals surface area contributed by atoms with Crippen LogP contribution in [0.25, 0.3) is 10.9 Å². The summed E-state index contributed by atoms with van der Waals surface area (Å²) in [6.45, 7) is 9.72. The van der Waals surface area contributed by atoms with Crippen LogP contribution >= 0.6 is 0 Å². The summed E-state index contributed by atoms with van der Waals surface area (Å²) in [7, 11) is 0. The highest BCUT2D eigenvalue weighted by Gasteiger charge is 2.32. The summed E-state index contributed by atoms with van der Waals surface area (Å²) in [5.41, 5.74) is 1.40. The number of nitrogens with zero attached hydrogens (tertiary/aromatic N) is 3. The van der Waals surface area contributed by atoms with Crippen molar-refractivity contribution in [3.8, 4) is 5.75 Å². The number of fused-ring (bicyclic) bond motifs is 1. The molecule has 0 bridgehead atoms. The molecule has 3 amide bonds. The van der Waals surface area contributed by atoms with Gasteiger partial charge in [0.2, 0.25) is 5.91 Å². The number of ether oxygens (including phenoxy) is 4. The number of hydrogen-bond acceptors (Lipinski definition) is 10. The maximum absolute atomic E-state index is 13.8. The van der Waals surface area contributed by atoms with Crippen LogP contribution in [-0.4, -0.2) is 95.7 Å². The topological polar surface area (TPSA) is 154 Å². The maximum Gasteiger partial charge on any atom is 0.409 e. The number of pyridine rings is 1. The van der Waals surface area contributed by atoms with Crippen LogP contribution < -0.4 is 10.1 Å². The molecule has 0 saturated carbocycles. The van der Waals surface area contributed by atoms with Crippen molar-refractivity contribution in [3.63, 3.8) is 0 Å². The summed E-state index contributed by atoms with van der Waals surface area (Å²) in [6, 6.07) is 15.0. The summed E-state index contributed by atoms with van der Waals surface area (Å²) in [6.07, 6.45) is -0.606. The third-order valence-electron chi connectivity index (χ3n) is 7.53. The van der Waals surface area contributed by atoms with Gasteiger partial charge in [-0.3, -0.25) is 14.4 Å². The van der Waals surface area contributed by atoms with Crippen LogP contribution in [-0.2, 0) is 35.2 Å². The lowest BCUT2D eigenvalue weighted by atomic mass is 10.1. The Bertz CT molecular complexity index is 1650. The molecular formula is C36H44N4O9. The van der Waals surface area contributed by atoms with E-state index < -0.39 is 48.1 Å². The van der Waals surface area contributed by atoms with Crippen LogP contribution in [0.4, 0.5) is 4.79 Å². The van der Waals surface area contributed by atoms with E-state index in [9.17, 15) is 24.0 Å². The van der Waals surface area contributed by atoms with E-state index in [2.05, 4.69) is 10.3 Å². The Balaban J connectivity index is 1.51. The molecular weight excluding hydrogens is 632 g/mol. The van der Waals surface area contributed by atoms with E-state index in [-0.39, 0.29) is 63.7 Å². The van der Waals surface area contributed by atoms with Crippen LogP contribution in [0.1, 0.15) is 62.2 Å². The van der Waals surface area contributed by atoms with E-state index in [0.29, 0.717) is 10.9 Å². The second-order valence-electron chi connectivity index (χ2n) is 12.6. The van der Waals surface area contributed by atoms with E-state index in [0.717, 1.165) is 11.1 Å². The van der Waals surface area contributed by atoms with Crippen molar-refractivity contribution in [3.05, 3.63) is 71.4 Å². The monoisotopic (exact) mass is 676 g/mol. The molecule has 1 atom stereocenters. The van der Waals surface area contributed by atoms with Gasteiger partial charge in [0.1, 0.15) is 29.7 Å². The summed E-state index contributed by atoms with van der Waals surface area (Å²) in [4.78, 5) is 72.4. The van der Waals surface area contributed by atoms with E-state index >= 15 is 0 Å². The van der Waals surface area contributed by atoms with Gasteiger partial charge >= 0.3 is 18.0 Å². The first-order valence-electron chi connectivity index (χ1n) is 16.3. The van der Waals surface area contributed by atoms with Crippen molar-refractivity contribution in [1.82, 2.24) is 20.1 Å². The standard InChI is InChI=1S/C36H44N4O9/c1-6-46-35(45)40-18-16-39(17-19-40)34(44)27(14-15-31(41)49-36(3,4)5)38-33(43)29-21-30(26-13-12-24(2)20-28(26)37-29)47-23-32(42)48-22-25-10-8-7-9-11-25/h7-13,20-21,27H,6,14-19,22-23H2,1-5H3,(H,38,43). The second kappa shape index (κ2) is 16.8. The SMILES string of the molecule is CCOC(=O)N1CCN(C(=O)C(CCC(=O)OC(C)(C)C)NC(=O)c2cc(OCC(=O)OCc3ccccc3)c3ccc(C)cc3n2)CC1. The predicted molar refractivity (Wildman–Crippen MR) is 180 cm³/mol. The van der Waals surface area contributed by atoms with Crippen LogP contribution in [0.5, 0.6) is 5.75 Å². The Morgan fingerprint density at radius 3 is 2.27 bits per heavy atom. The average Bonchev–Trinajstić information content (AvgIpc) is 3.07. The molecule has 2 heterocycles. The summed E-state index contributed by atoms with van der Waals surface area (Å²) >= 11 is 0. The average molecular weight is 677 g/mol. The third-order valence-corrected chi connectivity index (χ3v) is 7.53. The van der Waals surface area contributed by atoms with Crippen molar-refractivity contribution in [1.29, 1.82) is 0 Å². The lowest BCUT2D eigenvalue weighted by molar-refractivity contribution is -0.155. The molecule has 1 fully saturated rings. The molecule has 1 aromatic heterocycles. The van der Waals surface area contributed by atoms with Crippen LogP contribution in [0.15, 0.2) is 54.6 Å². The van der Waals surface area contributed by atoms with Crippen molar-refractivity contribution in [2.75, 3.05) is 39.4 Å². The molecule has 1 N–H and O–H groups in total. The molecule has 13 nitrogen and oxygen atoms in total. The Hall–Kier alpha value is -5.20. The molecule has 3 aromatic rings. The van der Waals surface area contributed by atoms with Gasteiger partial charge in [0.15, 0.2) is 6.61 Å². The number of carbonyl (C=O) groups is 5. The van der Waals surface area contributed by atoms with Crippen LogP contribution in [0.2, 0.25) is 0 Å². The number of rotatable bonds is 12. The van der Waals surface area contributed by atoms with Gasteiger partial charge in [-0.05, 0) is 64.3 Å². The fourth-order valence-electron chi connectivity index (χ4n) is 5.15. The van der Waals surface area contributed by atoms with Gasteiger partial charge < -0.3 is 34.1 Å². The van der Waals surface area contributed by atoms with Crippen molar-refractivity contribution in [2.24, 2.45) is 0 Å². The molecule has 2 aromatic carbocycles. The highest BCUT2D eigenvalue weighted by Crippen LogP contribution is 2.27. The lowest BCUT2D eigenvalue weighted by Gasteiger charge is -2.36. The van der Waals surface area contributed by atoms with Gasteiger partial charge in [-0.15, -0.1) is 0 Å². The largest absolute Gasteiger partial charge is 0.481 e. The predicted octanol–water partition coefficient (Wildman–Crippen LogP) is 4.19. The Kier molecular flexibility index (Phi) is 12.5. The Morgan fingerprint density at radius 2 is 1.59 bits per heavy atom. The Morgan fingerprint density at radius 1 is 0.898 bits per heavy atom. The van der Waals surface area contributed by atoms with E-state index in [4.69, 9.17) is 18.9 Å². The maximum atomic E-state index is 13.8. The van der Waals surface area contributed by atoms with Gasteiger partial charge in [0, 0.05) is 44.1 Å². The minimum Gasteiger partial charge on any atom is -0.481 e.